The van der Waals surface area contributed by atoms with E-state index < -0.39 is 0 Å². The number of benzene rings is 1. The third kappa shape index (κ3) is 5.86. The minimum absolute atomic E-state index is 0.0129. The predicted octanol–water partition coefficient (Wildman–Crippen LogP) is 6.50. The Bertz CT molecular complexity index is 1290. The minimum Gasteiger partial charge on any atom is -0.497 e. The van der Waals surface area contributed by atoms with Gasteiger partial charge in [0.2, 0.25) is 0 Å². The fourth-order valence-corrected chi connectivity index (χ4v) is 10.8. The zero-order valence-electron chi connectivity index (χ0n) is 28.6. The number of allylic oxidation sites excluding steroid dienone is 2. The first-order valence-corrected chi connectivity index (χ1v) is 17.7. The van der Waals surface area contributed by atoms with Crippen molar-refractivity contribution in [2.24, 2.45) is 39.7 Å². The van der Waals surface area contributed by atoms with E-state index in [2.05, 4.69) is 80.5 Å². The number of nitrogens with zero attached hydrogens (tertiary/aromatic N) is 2. The standard InChI is InChI=1S/C38H57N3O4/c1-25-23-41(5)26(2)22-38(25,27-7-10-30(44-6)11-8-27)19-20-39-35(43)24-45-40-29-15-17-36(3)28(21-29)9-12-31-32-13-14-34(42)37(32,4)18-16-33(31)36/h7-8,10-11,21,25-26,31-34,42H,9,12-20,22-24H2,1-6H3,(H,39,43)/b40-29-/t25-,26-,31-,32+,33+,34+,36+,37+,38-/m1/s1. The first-order valence-electron chi connectivity index (χ1n) is 17.7. The molecular formula is C38H57N3O4. The van der Waals surface area contributed by atoms with E-state index >= 15 is 0 Å². The van der Waals surface area contributed by atoms with Crippen LogP contribution in [0.5, 0.6) is 5.75 Å². The largest absolute Gasteiger partial charge is 0.497 e. The summed E-state index contributed by atoms with van der Waals surface area (Å²) in [6, 6.07) is 8.98. The number of carbonyl (C=O) groups excluding carboxylic acids is 1. The van der Waals surface area contributed by atoms with Crippen LogP contribution in [-0.2, 0) is 15.0 Å². The number of hydrogen-bond acceptors (Lipinski definition) is 6. The fraction of sp³-hybridized carbons (Fsp3) is 0.737. The third-order valence-electron chi connectivity index (χ3n) is 13.8. The lowest BCUT2D eigenvalue weighted by Gasteiger charge is -2.57. The number of hydrogen-bond donors (Lipinski definition) is 2. The van der Waals surface area contributed by atoms with Crippen LogP contribution in [0, 0.1) is 34.5 Å². The lowest BCUT2D eigenvalue weighted by Crippen LogP contribution is -2.52. The summed E-state index contributed by atoms with van der Waals surface area (Å²) in [4.78, 5) is 21.0. The van der Waals surface area contributed by atoms with Crippen molar-refractivity contribution in [2.45, 2.75) is 109 Å². The smallest absolute Gasteiger partial charge is 0.260 e. The molecule has 1 amide bonds. The molecule has 5 aliphatic rings. The monoisotopic (exact) mass is 619 g/mol. The molecule has 0 aromatic heterocycles. The highest BCUT2D eigenvalue weighted by molar-refractivity contribution is 5.96. The highest BCUT2D eigenvalue weighted by Crippen LogP contribution is 2.65. The second-order valence-corrected chi connectivity index (χ2v) is 15.9. The SMILES string of the molecule is COc1ccc([C@]2(CCNC(=O)CO/N=C3\C=C4CC[C@@H]5[C@@H]6CC[C@H](O)[C@@]6(C)CC[C@@H]5[C@@]4(C)CC3)C[C@@H](C)N(C)C[C@H]2C)cc1. The zero-order valence-corrected chi connectivity index (χ0v) is 28.6. The fourth-order valence-electron chi connectivity index (χ4n) is 10.8. The number of oxime groups is 1. The van der Waals surface area contributed by atoms with E-state index in [1.807, 2.05) is 0 Å². The van der Waals surface area contributed by atoms with Crippen molar-refractivity contribution in [3.8, 4) is 5.75 Å². The van der Waals surface area contributed by atoms with Gasteiger partial charge in [0.25, 0.3) is 5.91 Å². The number of methoxy groups -OCH3 is 1. The molecule has 4 aliphatic carbocycles. The lowest BCUT2D eigenvalue weighted by molar-refractivity contribution is -0.125. The van der Waals surface area contributed by atoms with Crippen LogP contribution in [0.15, 0.2) is 41.1 Å². The first kappa shape index (κ1) is 32.6. The Hall–Kier alpha value is -2.38. The molecule has 7 heteroatoms. The van der Waals surface area contributed by atoms with Crippen molar-refractivity contribution in [2.75, 3.05) is 33.9 Å². The predicted molar refractivity (Wildman–Crippen MR) is 179 cm³/mol. The van der Waals surface area contributed by atoms with Crippen LogP contribution in [0.3, 0.4) is 0 Å². The number of aliphatic hydroxyl groups is 1. The summed E-state index contributed by atoms with van der Waals surface area (Å²) in [6.45, 7) is 11.1. The Labute approximate surface area is 271 Å². The van der Waals surface area contributed by atoms with Crippen molar-refractivity contribution >= 4 is 11.6 Å². The maximum Gasteiger partial charge on any atom is 0.260 e. The van der Waals surface area contributed by atoms with E-state index in [-0.39, 0.29) is 34.9 Å². The number of piperidine rings is 1. The molecule has 1 aromatic rings. The normalized spacial score (nSPS) is 40.6. The van der Waals surface area contributed by atoms with Crippen LogP contribution in [0.2, 0.25) is 0 Å². The second-order valence-electron chi connectivity index (χ2n) is 15.9. The molecule has 6 rings (SSSR count). The van der Waals surface area contributed by atoms with Gasteiger partial charge in [-0.25, -0.2) is 0 Å². The lowest BCUT2D eigenvalue weighted by atomic mass is 9.47. The molecule has 1 aromatic carbocycles. The molecule has 0 spiro atoms. The summed E-state index contributed by atoms with van der Waals surface area (Å²) >= 11 is 0. The van der Waals surface area contributed by atoms with Crippen LogP contribution in [-0.4, -0.2) is 67.6 Å². The number of likely N-dealkylation sites (tertiary alicyclic amines) is 1. The minimum atomic E-state index is -0.122. The molecule has 1 heterocycles. The first-order chi connectivity index (χ1) is 21.5. The molecule has 0 radical (unpaired) electrons. The van der Waals surface area contributed by atoms with Gasteiger partial charge in [-0.1, -0.05) is 43.6 Å². The Morgan fingerprint density at radius 2 is 1.84 bits per heavy atom. The Morgan fingerprint density at radius 3 is 2.60 bits per heavy atom. The van der Waals surface area contributed by atoms with Crippen LogP contribution in [0.25, 0.3) is 0 Å². The quantitative estimate of drug-likeness (QED) is 0.325. The van der Waals surface area contributed by atoms with Gasteiger partial charge in [-0.05, 0) is 136 Å². The number of rotatable bonds is 8. The van der Waals surface area contributed by atoms with Gasteiger partial charge in [0.1, 0.15) is 5.75 Å². The Kier molecular flexibility index (Phi) is 9.17. The van der Waals surface area contributed by atoms with Crippen LogP contribution in [0.1, 0.15) is 97.5 Å². The van der Waals surface area contributed by atoms with Gasteiger partial charge in [0, 0.05) is 24.5 Å². The topological polar surface area (TPSA) is 83.4 Å². The van der Waals surface area contributed by atoms with Gasteiger partial charge in [0.15, 0.2) is 6.61 Å². The van der Waals surface area contributed by atoms with Gasteiger partial charge in [-0.2, -0.15) is 0 Å². The van der Waals surface area contributed by atoms with Gasteiger partial charge in [-0.3, -0.25) is 4.79 Å². The molecule has 3 saturated carbocycles. The van der Waals surface area contributed by atoms with E-state index in [1.54, 1.807) is 7.11 Å². The molecule has 0 unspecified atom stereocenters. The molecule has 9 atom stereocenters. The zero-order chi connectivity index (χ0) is 32.0. The van der Waals surface area contributed by atoms with Gasteiger partial charge in [0.05, 0.1) is 18.9 Å². The summed E-state index contributed by atoms with van der Waals surface area (Å²) in [7, 11) is 3.91. The Morgan fingerprint density at radius 1 is 1.07 bits per heavy atom. The van der Waals surface area contributed by atoms with Crippen LogP contribution < -0.4 is 10.1 Å². The van der Waals surface area contributed by atoms with Crippen molar-refractivity contribution in [3.05, 3.63) is 41.5 Å². The van der Waals surface area contributed by atoms with Gasteiger partial charge >= 0.3 is 0 Å². The number of fused-ring (bicyclic) bond motifs is 5. The summed E-state index contributed by atoms with van der Waals surface area (Å²) in [5.41, 5.74) is 4.14. The summed E-state index contributed by atoms with van der Waals surface area (Å²) in [5.74, 6) is 3.30. The molecule has 1 saturated heterocycles. The highest BCUT2D eigenvalue weighted by atomic mass is 16.6. The van der Waals surface area contributed by atoms with E-state index in [0.717, 1.165) is 68.9 Å². The van der Waals surface area contributed by atoms with Gasteiger partial charge < -0.3 is 24.9 Å². The number of carbonyl (C=O) groups is 1. The summed E-state index contributed by atoms with van der Waals surface area (Å²) in [6.07, 6.45) is 13.0. The maximum absolute atomic E-state index is 12.9. The number of ether oxygens (including phenoxy) is 1. The molecule has 7 nitrogen and oxygen atoms in total. The molecule has 248 valence electrons. The van der Waals surface area contributed by atoms with Gasteiger partial charge in [-0.15, -0.1) is 0 Å². The second kappa shape index (κ2) is 12.7. The average Bonchev–Trinajstić information content (AvgIpc) is 3.33. The highest BCUT2D eigenvalue weighted by Gasteiger charge is 2.58. The molecule has 1 aliphatic heterocycles. The van der Waals surface area contributed by atoms with E-state index in [4.69, 9.17) is 9.57 Å². The molecule has 4 fully saturated rings. The van der Waals surface area contributed by atoms with Crippen molar-refractivity contribution < 1.29 is 19.5 Å². The molecule has 0 bridgehead atoms. The molecule has 2 N–H and O–H groups in total. The van der Waals surface area contributed by atoms with E-state index in [9.17, 15) is 9.90 Å². The van der Waals surface area contributed by atoms with E-state index in [0.29, 0.717) is 30.3 Å². The Balaban J connectivity index is 1.04. The van der Waals surface area contributed by atoms with Crippen molar-refractivity contribution in [1.82, 2.24) is 10.2 Å². The molecule has 45 heavy (non-hydrogen) atoms. The summed E-state index contributed by atoms with van der Waals surface area (Å²) < 4.78 is 5.42. The summed E-state index contributed by atoms with van der Waals surface area (Å²) in [5, 5.41) is 18.4. The molecular weight excluding hydrogens is 562 g/mol. The van der Waals surface area contributed by atoms with Crippen LogP contribution in [0.4, 0.5) is 0 Å². The number of amides is 1. The van der Waals surface area contributed by atoms with Crippen molar-refractivity contribution in [3.63, 3.8) is 0 Å². The maximum atomic E-state index is 12.9. The average molecular weight is 620 g/mol. The number of aliphatic hydroxyl groups excluding tert-OH is 1. The van der Waals surface area contributed by atoms with Crippen LogP contribution >= 0.6 is 0 Å². The van der Waals surface area contributed by atoms with E-state index in [1.165, 1.54) is 30.4 Å². The van der Waals surface area contributed by atoms with Crippen molar-refractivity contribution in [1.29, 1.82) is 0 Å². The third-order valence-corrected chi connectivity index (χ3v) is 13.8. The number of nitrogens with one attached hydrogen (secondary N) is 1.